The molecule has 1 amide bonds. The van der Waals surface area contributed by atoms with Crippen molar-refractivity contribution in [1.29, 1.82) is 0 Å². The molecule has 19 heavy (non-hydrogen) atoms. The van der Waals surface area contributed by atoms with E-state index in [0.717, 1.165) is 31.7 Å². The summed E-state index contributed by atoms with van der Waals surface area (Å²) >= 11 is 0. The summed E-state index contributed by atoms with van der Waals surface area (Å²) in [6.45, 7) is 3.66. The van der Waals surface area contributed by atoms with E-state index in [-0.39, 0.29) is 11.7 Å². The fourth-order valence-corrected chi connectivity index (χ4v) is 2.06. The molecule has 0 aromatic heterocycles. The Morgan fingerprint density at radius 1 is 1.21 bits per heavy atom. The Bertz CT molecular complexity index is 413. The molecule has 2 rings (SSSR count). The summed E-state index contributed by atoms with van der Waals surface area (Å²) in [4.78, 5) is 14.0. The number of hydrogen-bond acceptors (Lipinski definition) is 3. The molecule has 0 unspecified atom stereocenters. The monoisotopic (exact) mass is 265 g/mol. The van der Waals surface area contributed by atoms with Crippen LogP contribution in [0, 0.1) is 5.82 Å². The van der Waals surface area contributed by atoms with Crippen LogP contribution in [0.3, 0.4) is 0 Å². The molecule has 5 heteroatoms. The third kappa shape index (κ3) is 4.61. The average Bonchev–Trinajstić information content (AvgIpc) is 2.41. The van der Waals surface area contributed by atoms with Crippen molar-refractivity contribution in [2.75, 3.05) is 33.2 Å². The van der Waals surface area contributed by atoms with E-state index in [1.165, 1.54) is 12.1 Å². The summed E-state index contributed by atoms with van der Waals surface area (Å²) in [5.74, 6) is -0.223. The van der Waals surface area contributed by atoms with E-state index in [2.05, 4.69) is 17.4 Å². The predicted molar refractivity (Wildman–Crippen MR) is 71.9 cm³/mol. The molecule has 1 aliphatic rings. The molecular formula is C14H20FN3O. The van der Waals surface area contributed by atoms with Gasteiger partial charge in [-0.2, -0.15) is 0 Å². The molecule has 0 aliphatic carbocycles. The van der Waals surface area contributed by atoms with Crippen LogP contribution >= 0.6 is 0 Å². The first kappa shape index (κ1) is 14.0. The number of piperazine rings is 1. The lowest BCUT2D eigenvalue weighted by Gasteiger charge is -2.32. The quantitative estimate of drug-likeness (QED) is 0.883. The van der Waals surface area contributed by atoms with Gasteiger partial charge in [0.2, 0.25) is 5.91 Å². The van der Waals surface area contributed by atoms with Crippen LogP contribution in [0.15, 0.2) is 24.3 Å². The topological polar surface area (TPSA) is 35.6 Å². The molecule has 1 aliphatic heterocycles. The second-order valence-corrected chi connectivity index (χ2v) is 4.95. The smallest absolute Gasteiger partial charge is 0.234 e. The number of hydrogen-bond donors (Lipinski definition) is 1. The fourth-order valence-electron chi connectivity index (χ4n) is 2.06. The molecule has 4 nitrogen and oxygen atoms in total. The zero-order valence-electron chi connectivity index (χ0n) is 11.2. The number of nitrogens with one attached hydrogen (secondary N) is 1. The summed E-state index contributed by atoms with van der Waals surface area (Å²) < 4.78 is 12.7. The van der Waals surface area contributed by atoms with Gasteiger partial charge in [0.1, 0.15) is 5.82 Å². The molecule has 1 aromatic carbocycles. The number of carbonyl (C=O) groups excluding carboxylic acids is 1. The Morgan fingerprint density at radius 2 is 1.84 bits per heavy atom. The predicted octanol–water partition coefficient (Wildman–Crippen LogP) is 1.04. The maximum atomic E-state index is 12.7. The Labute approximate surface area is 113 Å². The molecule has 1 saturated heterocycles. The highest BCUT2D eigenvalue weighted by atomic mass is 19.1. The van der Waals surface area contributed by atoms with Crippen LogP contribution in [0.5, 0.6) is 0 Å². The van der Waals surface area contributed by atoms with Gasteiger partial charge in [-0.1, -0.05) is 12.1 Å². The van der Waals surface area contributed by atoms with Gasteiger partial charge in [-0.05, 0) is 31.2 Å². The minimum Gasteiger partial charge on any atom is -0.304 e. The number of hydrazine groups is 1. The highest BCUT2D eigenvalue weighted by molar-refractivity contribution is 5.75. The maximum absolute atomic E-state index is 12.7. The second-order valence-electron chi connectivity index (χ2n) is 4.95. The van der Waals surface area contributed by atoms with Crippen molar-refractivity contribution in [2.45, 2.75) is 12.8 Å². The molecule has 0 radical (unpaired) electrons. The summed E-state index contributed by atoms with van der Waals surface area (Å²) in [5, 5.41) is 1.97. The molecule has 1 aromatic rings. The fraction of sp³-hybridized carbons (Fsp3) is 0.500. The van der Waals surface area contributed by atoms with Crippen molar-refractivity contribution in [3.05, 3.63) is 35.6 Å². The van der Waals surface area contributed by atoms with Gasteiger partial charge in [0.05, 0.1) is 0 Å². The van der Waals surface area contributed by atoms with Crippen LogP contribution in [-0.4, -0.2) is 49.0 Å². The summed E-state index contributed by atoms with van der Waals surface area (Å²) in [6.07, 6.45) is 1.07. The van der Waals surface area contributed by atoms with E-state index >= 15 is 0 Å². The lowest BCUT2D eigenvalue weighted by Crippen LogP contribution is -2.52. The molecule has 0 bridgehead atoms. The highest BCUT2D eigenvalue weighted by Gasteiger charge is 2.15. The molecule has 0 atom stereocenters. The van der Waals surface area contributed by atoms with Crippen LogP contribution in [0.2, 0.25) is 0 Å². The summed E-state index contributed by atoms with van der Waals surface area (Å²) in [7, 11) is 2.08. The number of aryl methyl sites for hydroxylation is 1. The summed E-state index contributed by atoms with van der Waals surface area (Å²) in [6, 6.07) is 6.29. The van der Waals surface area contributed by atoms with Crippen molar-refractivity contribution < 1.29 is 9.18 Å². The van der Waals surface area contributed by atoms with E-state index in [9.17, 15) is 9.18 Å². The number of nitrogens with zero attached hydrogens (tertiary/aromatic N) is 2. The first-order valence-electron chi connectivity index (χ1n) is 6.61. The van der Waals surface area contributed by atoms with Crippen molar-refractivity contribution in [3.63, 3.8) is 0 Å². The molecular weight excluding hydrogens is 245 g/mol. The number of likely N-dealkylation sites (N-methyl/N-ethyl adjacent to an activating group) is 1. The van der Waals surface area contributed by atoms with Gasteiger partial charge in [0, 0.05) is 32.6 Å². The van der Waals surface area contributed by atoms with Crippen LogP contribution in [0.1, 0.15) is 12.0 Å². The lowest BCUT2D eigenvalue weighted by atomic mass is 10.1. The zero-order valence-corrected chi connectivity index (χ0v) is 11.2. The Kier molecular flexibility index (Phi) is 4.87. The molecule has 1 heterocycles. The van der Waals surface area contributed by atoms with Crippen LogP contribution in [0.25, 0.3) is 0 Å². The number of amides is 1. The Hall–Kier alpha value is -1.46. The highest BCUT2D eigenvalue weighted by Crippen LogP contribution is 2.05. The van der Waals surface area contributed by atoms with Crippen LogP contribution in [0.4, 0.5) is 4.39 Å². The van der Waals surface area contributed by atoms with E-state index in [1.54, 1.807) is 12.1 Å². The maximum Gasteiger partial charge on any atom is 0.234 e. The number of rotatable bonds is 4. The second kappa shape index (κ2) is 6.63. The summed E-state index contributed by atoms with van der Waals surface area (Å²) in [5.41, 5.74) is 3.90. The third-order valence-electron chi connectivity index (χ3n) is 3.34. The number of benzene rings is 1. The van der Waals surface area contributed by atoms with Gasteiger partial charge in [-0.25, -0.2) is 9.40 Å². The van der Waals surface area contributed by atoms with Crippen molar-refractivity contribution in [3.8, 4) is 0 Å². The van der Waals surface area contributed by atoms with Gasteiger partial charge in [0.15, 0.2) is 0 Å². The number of carbonyl (C=O) groups is 1. The largest absolute Gasteiger partial charge is 0.304 e. The van der Waals surface area contributed by atoms with Gasteiger partial charge in [-0.3, -0.25) is 10.2 Å². The van der Waals surface area contributed by atoms with Crippen molar-refractivity contribution in [1.82, 2.24) is 15.3 Å². The van der Waals surface area contributed by atoms with E-state index in [0.29, 0.717) is 12.8 Å². The molecule has 0 saturated carbocycles. The molecule has 104 valence electrons. The van der Waals surface area contributed by atoms with Gasteiger partial charge in [0.25, 0.3) is 0 Å². The van der Waals surface area contributed by atoms with Gasteiger partial charge < -0.3 is 4.90 Å². The average molecular weight is 265 g/mol. The first-order chi connectivity index (χ1) is 9.13. The third-order valence-corrected chi connectivity index (χ3v) is 3.34. The standard InChI is InChI=1S/C14H20FN3O/c1-17-8-10-18(11-9-17)16-14(19)7-4-12-2-5-13(15)6-3-12/h2-3,5-6H,4,7-11H2,1H3,(H,16,19). The number of halogens is 1. The van der Waals surface area contributed by atoms with Gasteiger partial charge in [-0.15, -0.1) is 0 Å². The van der Waals surface area contributed by atoms with Crippen molar-refractivity contribution in [2.24, 2.45) is 0 Å². The van der Waals surface area contributed by atoms with Crippen molar-refractivity contribution >= 4 is 5.91 Å². The van der Waals surface area contributed by atoms with Crippen LogP contribution in [-0.2, 0) is 11.2 Å². The Balaban J connectivity index is 1.71. The first-order valence-corrected chi connectivity index (χ1v) is 6.61. The van der Waals surface area contributed by atoms with E-state index in [4.69, 9.17) is 0 Å². The van der Waals surface area contributed by atoms with E-state index in [1.807, 2.05) is 5.01 Å². The zero-order chi connectivity index (χ0) is 13.7. The molecule has 1 N–H and O–H groups in total. The minimum atomic E-state index is -0.245. The normalized spacial score (nSPS) is 17.4. The molecule has 0 spiro atoms. The minimum absolute atomic E-state index is 0.0221. The van der Waals surface area contributed by atoms with E-state index < -0.39 is 0 Å². The van der Waals surface area contributed by atoms with Gasteiger partial charge >= 0.3 is 0 Å². The SMILES string of the molecule is CN1CCN(NC(=O)CCc2ccc(F)cc2)CC1. The molecule has 1 fully saturated rings. The lowest BCUT2D eigenvalue weighted by molar-refractivity contribution is -0.126. The Morgan fingerprint density at radius 3 is 2.47 bits per heavy atom. The van der Waals surface area contributed by atoms with Crippen LogP contribution < -0.4 is 5.43 Å².